The lowest BCUT2D eigenvalue weighted by atomic mass is 9.80. The Labute approximate surface area is 99.4 Å². The van der Waals surface area contributed by atoms with Crippen molar-refractivity contribution >= 4 is 12.4 Å². The van der Waals surface area contributed by atoms with Gasteiger partial charge in [0.1, 0.15) is 0 Å². The second kappa shape index (κ2) is 6.69. The molecule has 4 heteroatoms. The SMILES string of the molecule is CN(C)CC1(CC(N)CO)CCCC1.Cl. The average Bonchev–Trinajstić information content (AvgIpc) is 2.51. The third-order valence-corrected chi connectivity index (χ3v) is 3.25. The first-order valence-corrected chi connectivity index (χ1v) is 5.59. The minimum Gasteiger partial charge on any atom is -0.395 e. The third kappa shape index (κ3) is 4.68. The van der Waals surface area contributed by atoms with E-state index in [2.05, 4.69) is 19.0 Å². The van der Waals surface area contributed by atoms with Gasteiger partial charge in [0.05, 0.1) is 6.61 Å². The highest BCUT2D eigenvalue weighted by atomic mass is 35.5. The van der Waals surface area contributed by atoms with Gasteiger partial charge in [-0.25, -0.2) is 0 Å². The Hall–Kier alpha value is 0.170. The number of halogens is 1. The van der Waals surface area contributed by atoms with Crippen molar-refractivity contribution in [2.24, 2.45) is 11.1 Å². The van der Waals surface area contributed by atoms with Crippen molar-refractivity contribution in [3.63, 3.8) is 0 Å². The summed E-state index contributed by atoms with van der Waals surface area (Å²) < 4.78 is 0. The first-order chi connectivity index (χ1) is 6.58. The molecule has 1 saturated carbocycles. The van der Waals surface area contributed by atoms with Crippen molar-refractivity contribution in [3.05, 3.63) is 0 Å². The molecule has 1 rings (SSSR count). The zero-order valence-corrected chi connectivity index (χ0v) is 10.7. The van der Waals surface area contributed by atoms with Gasteiger partial charge in [0, 0.05) is 12.6 Å². The van der Waals surface area contributed by atoms with Crippen LogP contribution in [-0.4, -0.2) is 43.3 Å². The van der Waals surface area contributed by atoms with Gasteiger partial charge in [-0.05, 0) is 38.8 Å². The van der Waals surface area contributed by atoms with E-state index < -0.39 is 0 Å². The third-order valence-electron chi connectivity index (χ3n) is 3.25. The number of nitrogens with two attached hydrogens (primary N) is 1. The van der Waals surface area contributed by atoms with E-state index in [1.807, 2.05) is 0 Å². The minimum atomic E-state index is -0.0342. The van der Waals surface area contributed by atoms with Crippen LogP contribution in [0.2, 0.25) is 0 Å². The molecule has 92 valence electrons. The van der Waals surface area contributed by atoms with Gasteiger partial charge in [0.25, 0.3) is 0 Å². The van der Waals surface area contributed by atoms with Crippen molar-refractivity contribution in [1.82, 2.24) is 4.90 Å². The quantitative estimate of drug-likeness (QED) is 0.755. The van der Waals surface area contributed by atoms with Gasteiger partial charge in [0.2, 0.25) is 0 Å². The summed E-state index contributed by atoms with van der Waals surface area (Å²) in [6.07, 6.45) is 6.18. The van der Waals surface area contributed by atoms with E-state index in [1.165, 1.54) is 25.7 Å². The van der Waals surface area contributed by atoms with Crippen LogP contribution in [0.15, 0.2) is 0 Å². The minimum absolute atomic E-state index is 0. The topological polar surface area (TPSA) is 49.5 Å². The van der Waals surface area contributed by atoms with Gasteiger partial charge in [0.15, 0.2) is 0 Å². The summed E-state index contributed by atoms with van der Waals surface area (Å²) in [6, 6.07) is -0.0342. The fourth-order valence-electron chi connectivity index (χ4n) is 2.84. The Balaban J connectivity index is 0.00000196. The molecule has 0 spiro atoms. The predicted octanol–water partition coefficient (Wildman–Crippen LogP) is 1.24. The molecular weight excluding hydrogens is 212 g/mol. The van der Waals surface area contributed by atoms with Gasteiger partial charge >= 0.3 is 0 Å². The summed E-state index contributed by atoms with van der Waals surface area (Å²) in [7, 11) is 4.23. The van der Waals surface area contributed by atoms with Crippen LogP contribution in [0.3, 0.4) is 0 Å². The maximum atomic E-state index is 9.01. The predicted molar refractivity (Wildman–Crippen MR) is 66.4 cm³/mol. The molecule has 0 radical (unpaired) electrons. The summed E-state index contributed by atoms with van der Waals surface area (Å²) in [4.78, 5) is 2.25. The van der Waals surface area contributed by atoms with E-state index in [0.717, 1.165) is 13.0 Å². The number of rotatable bonds is 5. The van der Waals surface area contributed by atoms with E-state index in [1.54, 1.807) is 0 Å². The molecule has 0 amide bonds. The first-order valence-electron chi connectivity index (χ1n) is 5.59. The van der Waals surface area contributed by atoms with E-state index >= 15 is 0 Å². The number of aliphatic hydroxyl groups excluding tert-OH is 1. The monoisotopic (exact) mass is 236 g/mol. The summed E-state index contributed by atoms with van der Waals surface area (Å²) in [5.74, 6) is 0. The Kier molecular flexibility index (Phi) is 6.76. The van der Waals surface area contributed by atoms with Crippen molar-refractivity contribution in [2.45, 2.75) is 38.1 Å². The molecule has 1 fully saturated rings. The average molecular weight is 237 g/mol. The molecule has 0 heterocycles. The molecule has 0 aromatic heterocycles. The molecule has 1 unspecified atom stereocenters. The van der Waals surface area contributed by atoms with Crippen LogP contribution >= 0.6 is 12.4 Å². The molecule has 3 N–H and O–H groups in total. The zero-order chi connectivity index (χ0) is 10.6. The maximum absolute atomic E-state index is 9.01. The van der Waals surface area contributed by atoms with Gasteiger partial charge in [-0.2, -0.15) is 0 Å². The van der Waals surface area contributed by atoms with E-state index in [9.17, 15) is 0 Å². The second-order valence-electron chi connectivity index (χ2n) is 5.09. The van der Waals surface area contributed by atoms with Crippen molar-refractivity contribution < 1.29 is 5.11 Å². The lowest BCUT2D eigenvalue weighted by Gasteiger charge is -2.34. The first kappa shape index (κ1) is 15.2. The normalized spacial score (nSPS) is 21.4. The molecule has 1 atom stereocenters. The molecule has 15 heavy (non-hydrogen) atoms. The number of hydrogen-bond acceptors (Lipinski definition) is 3. The second-order valence-corrected chi connectivity index (χ2v) is 5.09. The molecule has 1 aliphatic rings. The van der Waals surface area contributed by atoms with Gasteiger partial charge in [-0.15, -0.1) is 12.4 Å². The van der Waals surface area contributed by atoms with Crippen molar-refractivity contribution in [3.8, 4) is 0 Å². The summed E-state index contributed by atoms with van der Waals surface area (Å²) in [5.41, 5.74) is 6.23. The highest BCUT2D eigenvalue weighted by Gasteiger charge is 2.35. The van der Waals surface area contributed by atoms with Crippen molar-refractivity contribution in [2.75, 3.05) is 27.2 Å². The van der Waals surface area contributed by atoms with Crippen LogP contribution in [0.25, 0.3) is 0 Å². The van der Waals surface area contributed by atoms with Gasteiger partial charge < -0.3 is 15.7 Å². The van der Waals surface area contributed by atoms with E-state index in [4.69, 9.17) is 10.8 Å². The molecule has 0 aromatic rings. The maximum Gasteiger partial charge on any atom is 0.0582 e. The summed E-state index contributed by atoms with van der Waals surface area (Å²) in [5, 5.41) is 9.01. The van der Waals surface area contributed by atoms with Gasteiger partial charge in [-0.3, -0.25) is 0 Å². The smallest absolute Gasteiger partial charge is 0.0582 e. The molecule has 0 saturated heterocycles. The largest absolute Gasteiger partial charge is 0.395 e. The molecule has 0 bridgehead atoms. The number of hydrogen-bond donors (Lipinski definition) is 2. The Bertz CT molecular complexity index is 170. The summed E-state index contributed by atoms with van der Waals surface area (Å²) >= 11 is 0. The highest BCUT2D eigenvalue weighted by Crippen LogP contribution is 2.42. The fourth-order valence-corrected chi connectivity index (χ4v) is 2.84. The lowest BCUT2D eigenvalue weighted by Crippen LogP contribution is -2.38. The highest BCUT2D eigenvalue weighted by molar-refractivity contribution is 5.85. The molecule has 0 aromatic carbocycles. The van der Waals surface area contributed by atoms with Crippen LogP contribution in [0.4, 0.5) is 0 Å². The molecular formula is C11H25ClN2O. The molecule has 1 aliphatic carbocycles. The summed E-state index contributed by atoms with van der Waals surface area (Å²) in [6.45, 7) is 1.23. The van der Waals surface area contributed by atoms with Crippen LogP contribution in [0.1, 0.15) is 32.1 Å². The lowest BCUT2D eigenvalue weighted by molar-refractivity contribution is 0.150. The van der Waals surface area contributed by atoms with Crippen molar-refractivity contribution in [1.29, 1.82) is 0 Å². The van der Waals surface area contributed by atoms with Crippen LogP contribution in [0, 0.1) is 5.41 Å². The number of nitrogens with zero attached hydrogens (tertiary/aromatic N) is 1. The van der Waals surface area contributed by atoms with Crippen LogP contribution < -0.4 is 5.73 Å². The van der Waals surface area contributed by atoms with Gasteiger partial charge in [-0.1, -0.05) is 12.8 Å². The zero-order valence-electron chi connectivity index (χ0n) is 9.91. The molecule has 0 aliphatic heterocycles. The molecule has 3 nitrogen and oxygen atoms in total. The van der Waals surface area contributed by atoms with E-state index in [0.29, 0.717) is 5.41 Å². The Morgan fingerprint density at radius 3 is 2.27 bits per heavy atom. The van der Waals surface area contributed by atoms with Crippen LogP contribution in [0.5, 0.6) is 0 Å². The Morgan fingerprint density at radius 2 is 1.87 bits per heavy atom. The van der Waals surface area contributed by atoms with E-state index in [-0.39, 0.29) is 25.1 Å². The number of aliphatic hydroxyl groups is 1. The van der Waals surface area contributed by atoms with Crippen LogP contribution in [-0.2, 0) is 0 Å². The standard InChI is InChI=1S/C11H24N2O.ClH/c1-13(2)9-11(5-3-4-6-11)7-10(12)8-14;/h10,14H,3-9,12H2,1-2H3;1H. The Morgan fingerprint density at radius 1 is 1.33 bits per heavy atom. The fraction of sp³-hybridized carbons (Fsp3) is 1.00.